The van der Waals surface area contributed by atoms with Crippen molar-refractivity contribution >= 4 is 5.97 Å². The summed E-state index contributed by atoms with van der Waals surface area (Å²) in [5.74, 6) is -0.136. The van der Waals surface area contributed by atoms with Crippen LogP contribution in [0.2, 0.25) is 0 Å². The summed E-state index contributed by atoms with van der Waals surface area (Å²) in [5, 5.41) is 19.8. The van der Waals surface area contributed by atoms with E-state index in [1.54, 1.807) is 6.08 Å². The molecule has 4 heteroatoms. The lowest BCUT2D eigenvalue weighted by molar-refractivity contribution is -0.141. The topological polar surface area (TPSA) is 66.8 Å². The van der Waals surface area contributed by atoms with Gasteiger partial charge in [0.25, 0.3) is 0 Å². The van der Waals surface area contributed by atoms with Crippen LogP contribution in [-0.2, 0) is 9.53 Å². The van der Waals surface area contributed by atoms with Crippen LogP contribution in [0.4, 0.5) is 0 Å². The number of esters is 1. The second-order valence-corrected chi connectivity index (χ2v) is 5.72. The van der Waals surface area contributed by atoms with E-state index in [1.807, 2.05) is 6.08 Å². The van der Waals surface area contributed by atoms with E-state index in [1.165, 1.54) is 0 Å². The number of carbonyl (C=O) groups excluding carboxylic acids is 1. The number of ether oxygens (including phenoxy) is 1. The molecule has 2 N–H and O–H groups in total. The molecule has 2 aliphatic rings. The van der Waals surface area contributed by atoms with E-state index in [0.29, 0.717) is 12.8 Å². The van der Waals surface area contributed by atoms with E-state index in [4.69, 9.17) is 4.74 Å². The molecular weight excluding hydrogens is 244 g/mol. The van der Waals surface area contributed by atoms with Gasteiger partial charge in [-0.15, -0.1) is 0 Å². The van der Waals surface area contributed by atoms with E-state index in [2.05, 4.69) is 6.92 Å². The second kappa shape index (κ2) is 6.53. The lowest BCUT2D eigenvalue weighted by Gasteiger charge is -2.15. The Labute approximate surface area is 114 Å². The fourth-order valence-corrected chi connectivity index (χ4v) is 3.14. The summed E-state index contributed by atoms with van der Waals surface area (Å²) in [6.07, 6.45) is 7.58. The van der Waals surface area contributed by atoms with Crippen LogP contribution in [0.25, 0.3) is 0 Å². The van der Waals surface area contributed by atoms with Crippen molar-refractivity contribution in [2.75, 3.05) is 0 Å². The van der Waals surface area contributed by atoms with Crippen molar-refractivity contribution in [3.05, 3.63) is 12.2 Å². The van der Waals surface area contributed by atoms with Gasteiger partial charge in [0.05, 0.1) is 18.6 Å². The average molecular weight is 268 g/mol. The molecule has 0 amide bonds. The van der Waals surface area contributed by atoms with E-state index < -0.39 is 12.2 Å². The molecule has 1 saturated heterocycles. The number of hydrogen-bond acceptors (Lipinski definition) is 4. The highest BCUT2D eigenvalue weighted by atomic mass is 16.6. The highest BCUT2D eigenvalue weighted by molar-refractivity contribution is 5.72. The first-order chi connectivity index (χ1) is 9.11. The Balaban J connectivity index is 1.85. The minimum absolute atomic E-state index is 0.0581. The molecule has 0 spiro atoms. The summed E-state index contributed by atoms with van der Waals surface area (Å²) in [6.45, 7) is 2.13. The zero-order valence-electron chi connectivity index (χ0n) is 11.5. The monoisotopic (exact) mass is 268 g/mol. The zero-order chi connectivity index (χ0) is 13.8. The quantitative estimate of drug-likeness (QED) is 0.438. The van der Waals surface area contributed by atoms with Crippen molar-refractivity contribution in [1.29, 1.82) is 0 Å². The van der Waals surface area contributed by atoms with Gasteiger partial charge in [0, 0.05) is 18.3 Å². The molecule has 108 valence electrons. The lowest BCUT2D eigenvalue weighted by atomic mass is 9.91. The van der Waals surface area contributed by atoms with Crippen LogP contribution in [0.5, 0.6) is 0 Å². The number of rotatable bonds is 6. The third-order valence-corrected chi connectivity index (χ3v) is 4.23. The van der Waals surface area contributed by atoms with Crippen LogP contribution < -0.4 is 0 Å². The van der Waals surface area contributed by atoms with Gasteiger partial charge in [0.15, 0.2) is 0 Å². The minimum atomic E-state index is -0.456. The maximum absolute atomic E-state index is 11.2. The normalized spacial score (nSPS) is 35.6. The highest BCUT2D eigenvalue weighted by Gasteiger charge is 2.48. The van der Waals surface area contributed by atoms with Crippen LogP contribution in [0.15, 0.2) is 12.2 Å². The summed E-state index contributed by atoms with van der Waals surface area (Å²) in [7, 11) is 0. The Morgan fingerprint density at radius 2 is 2.26 bits per heavy atom. The molecule has 0 bridgehead atoms. The van der Waals surface area contributed by atoms with Crippen molar-refractivity contribution in [3.8, 4) is 0 Å². The Morgan fingerprint density at radius 1 is 1.47 bits per heavy atom. The number of unbranched alkanes of at least 4 members (excludes halogenated alkanes) is 2. The van der Waals surface area contributed by atoms with Gasteiger partial charge in [-0.1, -0.05) is 38.3 Å². The van der Waals surface area contributed by atoms with E-state index in [0.717, 1.165) is 25.7 Å². The van der Waals surface area contributed by atoms with E-state index >= 15 is 0 Å². The van der Waals surface area contributed by atoms with Crippen molar-refractivity contribution in [2.24, 2.45) is 11.8 Å². The van der Waals surface area contributed by atoms with Gasteiger partial charge in [0.1, 0.15) is 6.10 Å². The molecule has 5 atom stereocenters. The predicted molar refractivity (Wildman–Crippen MR) is 71.4 cm³/mol. The minimum Gasteiger partial charge on any atom is -0.462 e. The molecule has 2 fully saturated rings. The van der Waals surface area contributed by atoms with Gasteiger partial charge in [-0.25, -0.2) is 0 Å². The van der Waals surface area contributed by atoms with E-state index in [9.17, 15) is 15.0 Å². The molecule has 1 aliphatic heterocycles. The summed E-state index contributed by atoms with van der Waals surface area (Å²) < 4.78 is 5.18. The SMILES string of the molecule is CCCCC[C@H](O)C=C[C@@H]1C2CC(=O)OC2C[C@H]1O. The molecular formula is C15H24O4. The Bertz CT molecular complexity index is 339. The third kappa shape index (κ3) is 3.57. The van der Waals surface area contributed by atoms with Gasteiger partial charge in [-0.3, -0.25) is 4.79 Å². The Hall–Kier alpha value is -0.870. The van der Waals surface area contributed by atoms with Crippen LogP contribution in [0, 0.1) is 11.8 Å². The summed E-state index contributed by atoms with van der Waals surface area (Å²) in [6, 6.07) is 0. The first kappa shape index (κ1) is 14.5. The number of hydrogen-bond donors (Lipinski definition) is 2. The molecule has 1 aliphatic carbocycles. The molecule has 1 heterocycles. The standard InChI is InChI=1S/C15H24O4/c1-2-3-4-5-10(16)6-7-11-12-8-15(18)19-14(12)9-13(11)17/h6-7,10-14,16-17H,2-5,8-9H2,1H3/t10-,11+,12?,13+,14?/m0/s1. The van der Waals surface area contributed by atoms with Crippen molar-refractivity contribution in [3.63, 3.8) is 0 Å². The van der Waals surface area contributed by atoms with Crippen LogP contribution in [-0.4, -0.2) is 34.5 Å². The molecule has 0 aromatic carbocycles. The molecule has 0 aromatic rings. The molecule has 1 saturated carbocycles. The maximum Gasteiger partial charge on any atom is 0.306 e. The van der Waals surface area contributed by atoms with Gasteiger partial charge in [0.2, 0.25) is 0 Å². The first-order valence-corrected chi connectivity index (χ1v) is 7.35. The van der Waals surface area contributed by atoms with Crippen LogP contribution >= 0.6 is 0 Å². The predicted octanol–water partition coefficient (Wildman–Crippen LogP) is 1.80. The van der Waals surface area contributed by atoms with Crippen molar-refractivity contribution < 1.29 is 19.7 Å². The number of fused-ring (bicyclic) bond motifs is 1. The van der Waals surface area contributed by atoms with Gasteiger partial charge >= 0.3 is 5.97 Å². The molecule has 2 rings (SSSR count). The summed E-state index contributed by atoms with van der Waals surface area (Å²) >= 11 is 0. The summed E-state index contributed by atoms with van der Waals surface area (Å²) in [4.78, 5) is 11.2. The van der Waals surface area contributed by atoms with Crippen molar-refractivity contribution in [1.82, 2.24) is 0 Å². The smallest absolute Gasteiger partial charge is 0.306 e. The average Bonchev–Trinajstić information content (AvgIpc) is 2.82. The first-order valence-electron chi connectivity index (χ1n) is 7.35. The fraction of sp³-hybridized carbons (Fsp3) is 0.800. The fourth-order valence-electron chi connectivity index (χ4n) is 3.14. The molecule has 0 aromatic heterocycles. The summed E-state index contributed by atoms with van der Waals surface area (Å²) in [5.41, 5.74) is 0. The van der Waals surface area contributed by atoms with Crippen molar-refractivity contribution in [2.45, 2.75) is 63.8 Å². The van der Waals surface area contributed by atoms with Crippen LogP contribution in [0.1, 0.15) is 45.4 Å². The molecule has 19 heavy (non-hydrogen) atoms. The number of carbonyl (C=O) groups is 1. The Morgan fingerprint density at radius 3 is 3.00 bits per heavy atom. The van der Waals surface area contributed by atoms with Gasteiger partial charge in [-0.2, -0.15) is 0 Å². The second-order valence-electron chi connectivity index (χ2n) is 5.72. The van der Waals surface area contributed by atoms with Gasteiger partial charge < -0.3 is 14.9 Å². The lowest BCUT2D eigenvalue weighted by Crippen LogP contribution is -2.18. The molecule has 0 radical (unpaired) electrons. The number of aliphatic hydroxyl groups excluding tert-OH is 2. The number of aliphatic hydroxyl groups is 2. The molecule has 2 unspecified atom stereocenters. The maximum atomic E-state index is 11.2. The largest absolute Gasteiger partial charge is 0.462 e. The van der Waals surface area contributed by atoms with E-state index in [-0.39, 0.29) is 23.9 Å². The van der Waals surface area contributed by atoms with Crippen LogP contribution in [0.3, 0.4) is 0 Å². The zero-order valence-corrected chi connectivity index (χ0v) is 11.5. The molecule has 4 nitrogen and oxygen atoms in total. The van der Waals surface area contributed by atoms with Gasteiger partial charge in [-0.05, 0) is 6.42 Å². The highest BCUT2D eigenvalue weighted by Crippen LogP contribution is 2.42. The third-order valence-electron chi connectivity index (χ3n) is 4.23. The Kier molecular flexibility index (Phi) is 4.99.